The SMILES string of the molecule is COc1ccc(-c2nc(C(=O)N3CC4CC3CN4c3nncs3)c([C@H](C)N)o2)c2ccc(C(F)(F)F)nc12. The van der Waals surface area contributed by atoms with Gasteiger partial charge in [-0.1, -0.05) is 11.3 Å². The summed E-state index contributed by atoms with van der Waals surface area (Å²) in [4.78, 5) is 25.9. The van der Waals surface area contributed by atoms with Crippen LogP contribution in [0.5, 0.6) is 5.75 Å². The number of nitrogens with zero attached hydrogens (tertiary/aromatic N) is 6. The molecule has 5 heterocycles. The molecule has 2 saturated heterocycles. The Morgan fingerprint density at radius 1 is 1.21 bits per heavy atom. The van der Waals surface area contributed by atoms with Crippen molar-refractivity contribution in [1.29, 1.82) is 0 Å². The summed E-state index contributed by atoms with van der Waals surface area (Å²) in [6.45, 7) is 2.82. The molecule has 3 atom stereocenters. The molecule has 2 fully saturated rings. The van der Waals surface area contributed by atoms with Crippen LogP contribution >= 0.6 is 11.3 Å². The van der Waals surface area contributed by atoms with Gasteiger partial charge in [-0.25, -0.2) is 9.97 Å². The smallest absolute Gasteiger partial charge is 0.433 e. The maximum atomic E-state index is 13.7. The van der Waals surface area contributed by atoms with E-state index in [0.717, 1.165) is 17.6 Å². The molecule has 6 rings (SSSR count). The second-order valence-corrected chi connectivity index (χ2v) is 10.1. The number of fused-ring (bicyclic) bond motifs is 3. The van der Waals surface area contributed by atoms with Gasteiger partial charge in [0.2, 0.25) is 11.0 Å². The fourth-order valence-corrected chi connectivity index (χ4v) is 5.83. The lowest BCUT2D eigenvalue weighted by Gasteiger charge is -2.33. The van der Waals surface area contributed by atoms with Gasteiger partial charge < -0.3 is 24.7 Å². The highest BCUT2D eigenvalue weighted by molar-refractivity contribution is 7.13. The molecular formula is C24H22F3N7O3S. The number of carbonyl (C=O) groups is 1. The van der Waals surface area contributed by atoms with Crippen LogP contribution in [0.1, 0.15) is 41.3 Å². The number of alkyl halides is 3. The van der Waals surface area contributed by atoms with E-state index in [2.05, 4.69) is 25.1 Å². The van der Waals surface area contributed by atoms with Gasteiger partial charge in [-0.3, -0.25) is 4.79 Å². The summed E-state index contributed by atoms with van der Waals surface area (Å²) in [5.41, 5.74) is 7.24. The molecule has 2 N–H and O–H groups in total. The fraction of sp³-hybridized carbons (Fsp3) is 0.375. The number of amides is 1. The molecule has 2 unspecified atom stereocenters. The first-order valence-electron chi connectivity index (χ1n) is 11.8. The largest absolute Gasteiger partial charge is 0.494 e. The van der Waals surface area contributed by atoms with Gasteiger partial charge in [0.1, 0.15) is 22.5 Å². The molecule has 0 radical (unpaired) electrons. The lowest BCUT2D eigenvalue weighted by molar-refractivity contribution is -0.140. The normalized spacial score (nSPS) is 19.9. The number of benzene rings is 1. The number of aromatic nitrogens is 4. The molecule has 38 heavy (non-hydrogen) atoms. The fourth-order valence-electron chi connectivity index (χ4n) is 5.19. The highest BCUT2D eigenvalue weighted by atomic mass is 32.1. The van der Waals surface area contributed by atoms with Gasteiger partial charge in [0.15, 0.2) is 11.5 Å². The van der Waals surface area contributed by atoms with Crippen molar-refractivity contribution in [3.63, 3.8) is 0 Å². The summed E-state index contributed by atoms with van der Waals surface area (Å²) in [6.07, 6.45) is -3.82. The Hall–Kier alpha value is -3.78. The van der Waals surface area contributed by atoms with Crippen LogP contribution in [0.25, 0.3) is 22.4 Å². The van der Waals surface area contributed by atoms with Crippen LogP contribution in [0.4, 0.5) is 18.3 Å². The van der Waals surface area contributed by atoms with Gasteiger partial charge in [-0.05, 0) is 37.6 Å². The molecule has 198 valence electrons. The summed E-state index contributed by atoms with van der Waals surface area (Å²) in [6, 6.07) is 4.74. The van der Waals surface area contributed by atoms with Gasteiger partial charge >= 0.3 is 6.18 Å². The average molecular weight is 546 g/mol. The third kappa shape index (κ3) is 3.95. The van der Waals surface area contributed by atoms with Crippen molar-refractivity contribution in [3.8, 4) is 17.2 Å². The minimum absolute atomic E-state index is 0.00173. The van der Waals surface area contributed by atoms with Crippen LogP contribution in [0.2, 0.25) is 0 Å². The third-order valence-corrected chi connectivity index (χ3v) is 7.65. The number of piperazine rings is 1. The Labute approximate surface area is 218 Å². The number of pyridine rings is 1. The number of methoxy groups -OCH3 is 1. The summed E-state index contributed by atoms with van der Waals surface area (Å²) < 4.78 is 51.2. The van der Waals surface area contributed by atoms with E-state index in [1.165, 1.54) is 30.6 Å². The van der Waals surface area contributed by atoms with Crippen LogP contribution in [-0.2, 0) is 6.18 Å². The summed E-state index contributed by atoms with van der Waals surface area (Å²) in [5.74, 6) is 0.137. The van der Waals surface area contributed by atoms with E-state index in [1.54, 1.807) is 23.4 Å². The molecule has 10 nitrogen and oxygen atoms in total. The Morgan fingerprint density at radius 3 is 2.66 bits per heavy atom. The number of halogens is 3. The standard InChI is InChI=1S/C24H22F3N7O3S/c1-11(28)20-19(22(35)33-8-13-7-12(33)9-34(13)23-32-29-10-38-23)31-21(37-20)15-3-5-16(36-2)18-14(15)4-6-17(30-18)24(25,26)27/h3-6,10-13H,7-9,28H2,1-2H3/t11-,12?,13?/m0/s1. The number of likely N-dealkylation sites (tertiary alicyclic amines) is 1. The molecule has 2 aliphatic rings. The maximum Gasteiger partial charge on any atom is 0.433 e. The second-order valence-electron chi connectivity index (χ2n) is 9.30. The summed E-state index contributed by atoms with van der Waals surface area (Å²) >= 11 is 1.46. The quantitative estimate of drug-likeness (QED) is 0.398. The topological polar surface area (TPSA) is 124 Å². The van der Waals surface area contributed by atoms with Crippen molar-refractivity contribution in [3.05, 3.63) is 46.9 Å². The van der Waals surface area contributed by atoms with Crippen LogP contribution in [-0.4, -0.2) is 63.3 Å². The highest BCUT2D eigenvalue weighted by Gasteiger charge is 2.47. The van der Waals surface area contributed by atoms with Gasteiger partial charge in [0.05, 0.1) is 25.2 Å². The zero-order valence-corrected chi connectivity index (χ0v) is 21.1. The zero-order valence-electron chi connectivity index (χ0n) is 20.3. The van der Waals surface area contributed by atoms with Gasteiger partial charge in [0.25, 0.3) is 5.91 Å². The molecular weight excluding hydrogens is 523 g/mol. The molecule has 4 aromatic rings. The van der Waals surface area contributed by atoms with Crippen molar-refractivity contribution < 1.29 is 27.1 Å². The predicted octanol–water partition coefficient (Wildman–Crippen LogP) is 3.89. The van der Waals surface area contributed by atoms with E-state index in [-0.39, 0.29) is 46.6 Å². The molecule has 2 bridgehead atoms. The Kier molecular flexibility index (Phi) is 5.76. The highest BCUT2D eigenvalue weighted by Crippen LogP contribution is 2.39. The molecule has 0 spiro atoms. The third-order valence-electron chi connectivity index (χ3n) is 6.93. The van der Waals surface area contributed by atoms with E-state index < -0.39 is 17.9 Å². The van der Waals surface area contributed by atoms with Gasteiger partial charge in [-0.2, -0.15) is 13.2 Å². The monoisotopic (exact) mass is 545 g/mol. The van der Waals surface area contributed by atoms with Gasteiger partial charge in [0, 0.05) is 24.0 Å². The number of ether oxygens (including phenoxy) is 1. The number of rotatable bonds is 5. The lowest BCUT2D eigenvalue weighted by Crippen LogP contribution is -2.49. The predicted molar refractivity (Wildman–Crippen MR) is 132 cm³/mol. The minimum atomic E-state index is -4.62. The molecule has 14 heteroatoms. The van der Waals surface area contributed by atoms with Crippen LogP contribution in [0.3, 0.4) is 0 Å². The first-order valence-corrected chi connectivity index (χ1v) is 12.7. The molecule has 3 aromatic heterocycles. The van der Waals surface area contributed by atoms with Crippen LogP contribution < -0.4 is 15.4 Å². The average Bonchev–Trinajstić information content (AvgIpc) is 3.69. The summed E-state index contributed by atoms with van der Waals surface area (Å²) in [7, 11) is 1.35. The Morgan fingerprint density at radius 2 is 2.03 bits per heavy atom. The van der Waals surface area contributed by atoms with Gasteiger partial charge in [-0.15, -0.1) is 10.2 Å². The van der Waals surface area contributed by atoms with E-state index >= 15 is 0 Å². The van der Waals surface area contributed by atoms with Crippen molar-refractivity contribution in [1.82, 2.24) is 25.1 Å². The molecule has 0 saturated carbocycles. The first kappa shape index (κ1) is 24.6. The number of carbonyl (C=O) groups excluding carboxylic acids is 1. The molecule has 0 aliphatic carbocycles. The lowest BCUT2D eigenvalue weighted by atomic mass is 10.1. The van der Waals surface area contributed by atoms with Crippen LogP contribution in [0.15, 0.2) is 34.2 Å². The number of nitrogens with two attached hydrogens (primary N) is 1. The number of hydrogen-bond acceptors (Lipinski definition) is 10. The van der Waals surface area contributed by atoms with Crippen LogP contribution in [0, 0.1) is 0 Å². The first-order chi connectivity index (χ1) is 18.2. The Bertz CT molecular complexity index is 1520. The maximum absolute atomic E-state index is 13.7. The van der Waals surface area contributed by atoms with E-state index in [4.69, 9.17) is 14.9 Å². The number of oxazole rings is 1. The van der Waals surface area contributed by atoms with Crippen molar-refractivity contribution in [2.24, 2.45) is 5.73 Å². The molecule has 1 aromatic carbocycles. The molecule has 2 aliphatic heterocycles. The number of hydrogen-bond donors (Lipinski definition) is 1. The van der Waals surface area contributed by atoms with Crippen molar-refractivity contribution in [2.45, 2.75) is 37.6 Å². The van der Waals surface area contributed by atoms with E-state index in [1.807, 2.05) is 0 Å². The zero-order chi connectivity index (χ0) is 26.8. The minimum Gasteiger partial charge on any atom is -0.494 e. The Balaban J connectivity index is 1.36. The number of anilines is 1. The van der Waals surface area contributed by atoms with E-state index in [0.29, 0.717) is 24.0 Å². The molecule has 1 amide bonds. The summed E-state index contributed by atoms with van der Waals surface area (Å²) in [5, 5.41) is 9.22. The van der Waals surface area contributed by atoms with Crippen molar-refractivity contribution >= 4 is 33.3 Å². The van der Waals surface area contributed by atoms with Crippen molar-refractivity contribution in [2.75, 3.05) is 25.1 Å². The second kappa shape index (κ2) is 8.91. The van der Waals surface area contributed by atoms with E-state index in [9.17, 15) is 18.0 Å².